The third kappa shape index (κ3) is 1.08. The highest BCUT2D eigenvalue weighted by Gasteiger charge is 2.41. The van der Waals surface area contributed by atoms with Crippen molar-refractivity contribution >= 4 is 6.29 Å². The second kappa shape index (κ2) is 3.09. The molecule has 2 heteroatoms. The van der Waals surface area contributed by atoms with Crippen molar-refractivity contribution < 1.29 is 9.90 Å². The van der Waals surface area contributed by atoms with Gasteiger partial charge in [0.05, 0.1) is 5.56 Å². The predicted molar refractivity (Wildman–Crippen MR) is 57.4 cm³/mol. The molecule has 2 aliphatic carbocycles. The van der Waals surface area contributed by atoms with E-state index in [-0.39, 0.29) is 5.75 Å². The van der Waals surface area contributed by atoms with Crippen LogP contribution in [-0.2, 0) is 0 Å². The van der Waals surface area contributed by atoms with Crippen LogP contribution in [0.5, 0.6) is 5.75 Å². The van der Waals surface area contributed by atoms with Crippen LogP contribution in [0.2, 0.25) is 0 Å². The van der Waals surface area contributed by atoms with Crippen molar-refractivity contribution in [2.75, 3.05) is 0 Å². The maximum atomic E-state index is 10.7. The van der Waals surface area contributed by atoms with Crippen molar-refractivity contribution in [3.05, 3.63) is 28.8 Å². The van der Waals surface area contributed by atoms with Gasteiger partial charge in [0.25, 0.3) is 0 Å². The highest BCUT2D eigenvalue weighted by atomic mass is 16.3. The minimum atomic E-state index is 0.241. The van der Waals surface area contributed by atoms with Crippen LogP contribution in [0, 0.1) is 0 Å². The molecular weight excluding hydrogens is 188 g/mol. The third-order valence-electron chi connectivity index (χ3n) is 3.95. The van der Waals surface area contributed by atoms with Gasteiger partial charge in [-0.25, -0.2) is 0 Å². The number of phenolic OH excluding ortho intramolecular Hbond substituents is 1. The van der Waals surface area contributed by atoms with Gasteiger partial charge in [-0.3, -0.25) is 4.79 Å². The lowest BCUT2D eigenvalue weighted by Gasteiger charge is -2.43. The number of hydrogen-bond donors (Lipinski definition) is 1. The first-order chi connectivity index (χ1) is 7.33. The normalized spacial score (nSPS) is 27.5. The summed E-state index contributed by atoms with van der Waals surface area (Å²) in [6, 6.07) is 3.76. The third-order valence-corrected chi connectivity index (χ3v) is 3.95. The Morgan fingerprint density at radius 1 is 1.20 bits per heavy atom. The average molecular weight is 202 g/mol. The summed E-state index contributed by atoms with van der Waals surface area (Å²) in [6.07, 6.45) is 5.72. The van der Waals surface area contributed by atoms with E-state index in [1.807, 2.05) is 6.07 Å². The minimum Gasteiger partial charge on any atom is -0.507 e. The van der Waals surface area contributed by atoms with Gasteiger partial charge in [-0.15, -0.1) is 0 Å². The van der Waals surface area contributed by atoms with E-state index in [2.05, 4.69) is 0 Å². The first kappa shape index (κ1) is 8.96. The molecule has 2 atom stereocenters. The molecule has 0 bridgehead atoms. The zero-order valence-electron chi connectivity index (χ0n) is 8.57. The number of aromatic hydroxyl groups is 1. The number of fused-ring (bicyclic) bond motifs is 4. The van der Waals surface area contributed by atoms with Crippen molar-refractivity contribution in [2.45, 2.75) is 37.5 Å². The number of benzene rings is 1. The largest absolute Gasteiger partial charge is 0.507 e. The molecule has 2 nitrogen and oxygen atoms in total. The molecule has 0 spiro atoms. The van der Waals surface area contributed by atoms with Gasteiger partial charge in [0, 0.05) is 5.56 Å². The van der Waals surface area contributed by atoms with Gasteiger partial charge in [0.15, 0.2) is 6.29 Å². The first-order valence-corrected chi connectivity index (χ1v) is 5.64. The lowest BCUT2D eigenvalue weighted by atomic mass is 9.61. The van der Waals surface area contributed by atoms with E-state index in [0.29, 0.717) is 17.4 Å². The number of hydrogen-bond acceptors (Lipinski definition) is 2. The monoisotopic (exact) mass is 202 g/mol. The predicted octanol–water partition coefficient (Wildman–Crippen LogP) is 2.96. The number of carbonyl (C=O) groups is 1. The second-order valence-electron chi connectivity index (χ2n) is 4.62. The van der Waals surface area contributed by atoms with E-state index >= 15 is 0 Å². The van der Waals surface area contributed by atoms with Crippen LogP contribution < -0.4 is 0 Å². The fourth-order valence-corrected chi connectivity index (χ4v) is 3.20. The molecule has 3 rings (SSSR count). The fraction of sp³-hybridized carbons (Fsp3) is 0.462. The molecule has 1 fully saturated rings. The summed E-state index contributed by atoms with van der Waals surface area (Å²) < 4.78 is 0. The molecule has 0 aliphatic heterocycles. The maximum Gasteiger partial charge on any atom is 0.153 e. The number of carbonyl (C=O) groups excluding carboxylic acids is 1. The van der Waals surface area contributed by atoms with Gasteiger partial charge in [-0.2, -0.15) is 0 Å². The Balaban J connectivity index is 2.10. The molecule has 15 heavy (non-hydrogen) atoms. The molecule has 78 valence electrons. The van der Waals surface area contributed by atoms with Crippen LogP contribution in [-0.4, -0.2) is 11.4 Å². The van der Waals surface area contributed by atoms with Crippen molar-refractivity contribution in [3.63, 3.8) is 0 Å². The van der Waals surface area contributed by atoms with Crippen LogP contribution in [0.1, 0.15) is 59.0 Å². The summed E-state index contributed by atoms with van der Waals surface area (Å²) in [5, 5.41) is 9.94. The lowest BCUT2D eigenvalue weighted by molar-refractivity contribution is 0.112. The zero-order chi connectivity index (χ0) is 10.4. The van der Waals surface area contributed by atoms with Gasteiger partial charge in [0.2, 0.25) is 0 Å². The molecule has 2 unspecified atom stereocenters. The number of phenols is 1. The van der Waals surface area contributed by atoms with Crippen LogP contribution in [0.15, 0.2) is 12.1 Å². The summed E-state index contributed by atoms with van der Waals surface area (Å²) in [5.74, 6) is 1.42. The Morgan fingerprint density at radius 2 is 1.93 bits per heavy atom. The van der Waals surface area contributed by atoms with E-state index in [9.17, 15) is 9.90 Å². The van der Waals surface area contributed by atoms with Crippen LogP contribution >= 0.6 is 0 Å². The molecule has 1 N–H and O–H groups in total. The lowest BCUT2D eigenvalue weighted by Crippen LogP contribution is -2.27. The molecule has 2 aliphatic rings. The van der Waals surface area contributed by atoms with Crippen molar-refractivity contribution in [1.82, 2.24) is 0 Å². The average Bonchev–Trinajstić information content (AvgIpc) is 2.25. The van der Waals surface area contributed by atoms with Crippen LogP contribution in [0.3, 0.4) is 0 Å². The molecule has 1 aromatic rings. The quantitative estimate of drug-likeness (QED) is 0.711. The molecule has 0 aromatic heterocycles. The van der Waals surface area contributed by atoms with Gasteiger partial charge in [-0.1, -0.05) is 18.9 Å². The standard InChI is InChI=1S/C13H14O2/c14-7-8-5-6-11-9-3-1-2-4-10(9)12(11)13(8)15/h5-7,9-10,15H,1-4H2. The van der Waals surface area contributed by atoms with Gasteiger partial charge in [-0.05, 0) is 36.3 Å². The maximum absolute atomic E-state index is 10.7. The first-order valence-electron chi connectivity index (χ1n) is 5.64. The molecule has 0 heterocycles. The van der Waals surface area contributed by atoms with Gasteiger partial charge < -0.3 is 5.11 Å². The van der Waals surface area contributed by atoms with E-state index in [1.54, 1.807) is 6.07 Å². The van der Waals surface area contributed by atoms with E-state index in [4.69, 9.17) is 0 Å². The smallest absolute Gasteiger partial charge is 0.153 e. The minimum absolute atomic E-state index is 0.241. The van der Waals surface area contributed by atoms with Crippen molar-refractivity contribution in [3.8, 4) is 5.75 Å². The summed E-state index contributed by atoms with van der Waals surface area (Å²) >= 11 is 0. The van der Waals surface area contributed by atoms with Crippen molar-refractivity contribution in [2.24, 2.45) is 0 Å². The Hall–Kier alpha value is -1.31. The summed E-state index contributed by atoms with van der Waals surface area (Å²) in [4.78, 5) is 10.7. The second-order valence-corrected chi connectivity index (χ2v) is 4.62. The SMILES string of the molecule is O=Cc1ccc2c(c1O)C1CCCCC21. The summed E-state index contributed by atoms with van der Waals surface area (Å²) in [5.41, 5.74) is 2.78. The summed E-state index contributed by atoms with van der Waals surface area (Å²) in [7, 11) is 0. The Labute approximate surface area is 88.9 Å². The van der Waals surface area contributed by atoms with E-state index in [1.165, 1.54) is 31.2 Å². The Bertz CT molecular complexity index is 423. The Morgan fingerprint density at radius 3 is 2.67 bits per heavy atom. The molecule has 0 radical (unpaired) electrons. The van der Waals surface area contributed by atoms with Gasteiger partial charge in [0.1, 0.15) is 5.75 Å². The molecule has 0 amide bonds. The van der Waals surface area contributed by atoms with Crippen molar-refractivity contribution in [1.29, 1.82) is 0 Å². The molecule has 0 saturated heterocycles. The molecule has 1 saturated carbocycles. The molecular formula is C13H14O2. The number of aldehydes is 1. The van der Waals surface area contributed by atoms with Crippen LogP contribution in [0.25, 0.3) is 0 Å². The number of rotatable bonds is 1. The van der Waals surface area contributed by atoms with E-state index < -0.39 is 0 Å². The zero-order valence-corrected chi connectivity index (χ0v) is 8.57. The topological polar surface area (TPSA) is 37.3 Å². The Kier molecular flexibility index (Phi) is 1.84. The van der Waals surface area contributed by atoms with E-state index in [0.717, 1.165) is 11.8 Å². The highest BCUT2D eigenvalue weighted by Crippen LogP contribution is 2.57. The van der Waals surface area contributed by atoms with Crippen LogP contribution in [0.4, 0.5) is 0 Å². The highest BCUT2D eigenvalue weighted by molar-refractivity contribution is 5.81. The summed E-state index contributed by atoms with van der Waals surface area (Å²) in [6.45, 7) is 0. The van der Waals surface area contributed by atoms with Gasteiger partial charge >= 0.3 is 0 Å². The molecule has 1 aromatic carbocycles. The fourth-order valence-electron chi connectivity index (χ4n) is 3.20.